The lowest BCUT2D eigenvalue weighted by Gasteiger charge is -2.31. The second-order valence-corrected chi connectivity index (χ2v) is 5.06. The molecule has 2 heterocycles. The zero-order valence-corrected chi connectivity index (χ0v) is 12.2. The van der Waals surface area contributed by atoms with Gasteiger partial charge in [-0.05, 0) is 57.9 Å². The average molecular weight is 273 g/mol. The van der Waals surface area contributed by atoms with Gasteiger partial charge in [-0.3, -0.25) is 9.58 Å². The number of hydrogen-bond donors (Lipinski definition) is 1. The van der Waals surface area contributed by atoms with Gasteiger partial charge in [0, 0.05) is 19.8 Å². The smallest absolute Gasteiger partial charge is 0.0521 e. The summed E-state index contributed by atoms with van der Waals surface area (Å²) in [6.45, 7) is 4.68. The van der Waals surface area contributed by atoms with Crippen molar-refractivity contribution in [3.05, 3.63) is 18.0 Å². The minimum absolute atomic E-state index is 0. The van der Waals surface area contributed by atoms with Crippen LogP contribution in [0.4, 0.5) is 0 Å². The Bertz CT molecular complexity index is 331. The van der Waals surface area contributed by atoms with Crippen LogP contribution in [-0.4, -0.2) is 41.4 Å². The summed E-state index contributed by atoms with van der Waals surface area (Å²) in [5, 5.41) is 7.46. The van der Waals surface area contributed by atoms with E-state index in [0.717, 1.165) is 19.0 Å². The molecule has 2 rings (SSSR count). The molecule has 1 N–H and O–H groups in total. The van der Waals surface area contributed by atoms with Crippen molar-refractivity contribution in [1.82, 2.24) is 20.0 Å². The zero-order chi connectivity index (χ0) is 12.1. The number of aromatic nitrogens is 2. The van der Waals surface area contributed by atoms with E-state index >= 15 is 0 Å². The third-order valence-corrected chi connectivity index (χ3v) is 3.82. The minimum atomic E-state index is 0. The highest BCUT2D eigenvalue weighted by molar-refractivity contribution is 5.85. The van der Waals surface area contributed by atoms with Crippen LogP contribution in [0.3, 0.4) is 0 Å². The standard InChI is InChI=1S/C13H24N4.ClH/c1-14-7-3-12-5-9-17(10-6-12)11-13-4-8-15-16(13)2;/h4,8,12,14H,3,5-7,9-11H2,1-2H3;1H. The summed E-state index contributed by atoms with van der Waals surface area (Å²) < 4.78 is 1.98. The average Bonchev–Trinajstić information content (AvgIpc) is 2.74. The van der Waals surface area contributed by atoms with Crippen LogP contribution in [0.2, 0.25) is 0 Å². The monoisotopic (exact) mass is 272 g/mol. The minimum Gasteiger partial charge on any atom is -0.320 e. The van der Waals surface area contributed by atoms with Gasteiger partial charge in [-0.25, -0.2) is 0 Å². The van der Waals surface area contributed by atoms with E-state index in [4.69, 9.17) is 0 Å². The number of halogens is 1. The quantitative estimate of drug-likeness (QED) is 0.885. The van der Waals surface area contributed by atoms with Crippen molar-refractivity contribution in [2.24, 2.45) is 13.0 Å². The number of hydrogen-bond acceptors (Lipinski definition) is 3. The van der Waals surface area contributed by atoms with Gasteiger partial charge in [-0.2, -0.15) is 5.10 Å². The molecule has 0 atom stereocenters. The van der Waals surface area contributed by atoms with Crippen molar-refractivity contribution in [3.63, 3.8) is 0 Å². The van der Waals surface area contributed by atoms with Crippen LogP contribution < -0.4 is 5.32 Å². The summed E-state index contributed by atoms with van der Waals surface area (Å²) in [5.41, 5.74) is 1.32. The molecule has 1 aliphatic rings. The van der Waals surface area contributed by atoms with E-state index in [1.807, 2.05) is 25.0 Å². The van der Waals surface area contributed by atoms with Crippen LogP contribution >= 0.6 is 12.4 Å². The van der Waals surface area contributed by atoms with Crippen LogP contribution in [0.25, 0.3) is 0 Å². The van der Waals surface area contributed by atoms with E-state index in [2.05, 4.69) is 21.4 Å². The van der Waals surface area contributed by atoms with E-state index in [1.54, 1.807) is 0 Å². The molecule has 0 aliphatic carbocycles. The lowest BCUT2D eigenvalue weighted by molar-refractivity contribution is 0.169. The third-order valence-electron chi connectivity index (χ3n) is 3.82. The Balaban J connectivity index is 0.00000162. The lowest BCUT2D eigenvalue weighted by Crippen LogP contribution is -2.34. The molecule has 1 saturated heterocycles. The molecule has 0 spiro atoms. The van der Waals surface area contributed by atoms with Crippen molar-refractivity contribution in [2.45, 2.75) is 25.8 Å². The van der Waals surface area contributed by atoms with Crippen molar-refractivity contribution in [1.29, 1.82) is 0 Å². The Labute approximate surface area is 116 Å². The molecule has 0 aromatic carbocycles. The first-order chi connectivity index (χ1) is 8.29. The summed E-state index contributed by atoms with van der Waals surface area (Å²) in [4.78, 5) is 2.55. The summed E-state index contributed by atoms with van der Waals surface area (Å²) in [6.07, 6.45) is 5.91. The molecule has 0 amide bonds. The largest absolute Gasteiger partial charge is 0.320 e. The normalized spacial score (nSPS) is 17.7. The Morgan fingerprint density at radius 1 is 1.39 bits per heavy atom. The van der Waals surface area contributed by atoms with Gasteiger partial charge in [0.15, 0.2) is 0 Å². The lowest BCUT2D eigenvalue weighted by atomic mass is 9.93. The maximum atomic E-state index is 4.22. The first-order valence-corrected chi connectivity index (χ1v) is 6.63. The van der Waals surface area contributed by atoms with Gasteiger partial charge in [0.25, 0.3) is 0 Å². The fourth-order valence-electron chi connectivity index (χ4n) is 2.57. The maximum Gasteiger partial charge on any atom is 0.0521 e. The molecule has 104 valence electrons. The van der Waals surface area contributed by atoms with Gasteiger partial charge >= 0.3 is 0 Å². The van der Waals surface area contributed by atoms with Crippen molar-refractivity contribution in [2.75, 3.05) is 26.7 Å². The fourth-order valence-corrected chi connectivity index (χ4v) is 2.57. The highest BCUT2D eigenvalue weighted by Crippen LogP contribution is 2.21. The van der Waals surface area contributed by atoms with Gasteiger partial charge in [0.05, 0.1) is 5.69 Å². The number of rotatable bonds is 5. The van der Waals surface area contributed by atoms with E-state index in [-0.39, 0.29) is 12.4 Å². The summed E-state index contributed by atoms with van der Waals surface area (Å²) in [7, 11) is 4.06. The molecule has 0 unspecified atom stereocenters. The first kappa shape index (κ1) is 15.5. The second-order valence-electron chi connectivity index (χ2n) is 5.06. The van der Waals surface area contributed by atoms with Crippen molar-refractivity contribution < 1.29 is 0 Å². The SMILES string of the molecule is CNCCC1CCN(Cc2ccnn2C)CC1.Cl. The predicted molar refractivity (Wildman–Crippen MR) is 77.0 cm³/mol. The Morgan fingerprint density at radius 2 is 2.11 bits per heavy atom. The molecular formula is C13H25ClN4. The molecule has 1 aromatic rings. The Hall–Kier alpha value is -0.580. The molecule has 1 fully saturated rings. The molecular weight excluding hydrogens is 248 g/mol. The number of piperidine rings is 1. The van der Waals surface area contributed by atoms with Crippen LogP contribution in [0.1, 0.15) is 25.0 Å². The number of nitrogens with one attached hydrogen (secondary N) is 1. The van der Waals surface area contributed by atoms with Crippen LogP contribution in [0, 0.1) is 5.92 Å². The number of aryl methyl sites for hydroxylation is 1. The van der Waals surface area contributed by atoms with E-state index in [0.29, 0.717) is 0 Å². The van der Waals surface area contributed by atoms with Crippen LogP contribution in [0.5, 0.6) is 0 Å². The summed E-state index contributed by atoms with van der Waals surface area (Å²) in [6, 6.07) is 2.12. The van der Waals surface area contributed by atoms with Gasteiger partial charge in [-0.15, -0.1) is 12.4 Å². The van der Waals surface area contributed by atoms with E-state index in [1.165, 1.54) is 38.0 Å². The summed E-state index contributed by atoms with van der Waals surface area (Å²) in [5.74, 6) is 0.922. The topological polar surface area (TPSA) is 33.1 Å². The Morgan fingerprint density at radius 3 is 2.67 bits per heavy atom. The molecule has 18 heavy (non-hydrogen) atoms. The molecule has 1 aromatic heterocycles. The third kappa shape index (κ3) is 4.26. The van der Waals surface area contributed by atoms with Crippen molar-refractivity contribution in [3.8, 4) is 0 Å². The van der Waals surface area contributed by atoms with E-state index < -0.39 is 0 Å². The predicted octanol–water partition coefficient (Wildman–Crippen LogP) is 1.66. The van der Waals surface area contributed by atoms with Gasteiger partial charge in [0.2, 0.25) is 0 Å². The maximum absolute atomic E-state index is 4.22. The molecule has 0 saturated carbocycles. The molecule has 1 aliphatic heterocycles. The first-order valence-electron chi connectivity index (χ1n) is 6.63. The van der Waals surface area contributed by atoms with E-state index in [9.17, 15) is 0 Å². The van der Waals surface area contributed by atoms with Gasteiger partial charge < -0.3 is 5.32 Å². The second kappa shape index (κ2) is 7.77. The fraction of sp³-hybridized carbons (Fsp3) is 0.769. The Kier molecular flexibility index (Phi) is 6.68. The molecule has 4 nitrogen and oxygen atoms in total. The van der Waals surface area contributed by atoms with Crippen LogP contribution in [0.15, 0.2) is 12.3 Å². The van der Waals surface area contributed by atoms with Crippen LogP contribution in [-0.2, 0) is 13.6 Å². The molecule has 5 heteroatoms. The number of likely N-dealkylation sites (tertiary alicyclic amines) is 1. The highest BCUT2D eigenvalue weighted by atomic mass is 35.5. The summed E-state index contributed by atoms with van der Waals surface area (Å²) >= 11 is 0. The highest BCUT2D eigenvalue weighted by Gasteiger charge is 2.19. The molecule has 0 radical (unpaired) electrons. The zero-order valence-electron chi connectivity index (χ0n) is 11.4. The van der Waals surface area contributed by atoms with Gasteiger partial charge in [0.1, 0.15) is 0 Å². The molecule has 0 bridgehead atoms. The number of nitrogens with zero attached hydrogens (tertiary/aromatic N) is 3. The van der Waals surface area contributed by atoms with Gasteiger partial charge in [-0.1, -0.05) is 0 Å². The van der Waals surface area contributed by atoms with Crippen molar-refractivity contribution >= 4 is 12.4 Å².